The van der Waals surface area contributed by atoms with Gasteiger partial charge in [0.1, 0.15) is 0 Å². The van der Waals surface area contributed by atoms with E-state index in [2.05, 4.69) is 0 Å². The Morgan fingerprint density at radius 2 is 2.16 bits per heavy atom. The van der Waals surface area contributed by atoms with Crippen molar-refractivity contribution in [2.45, 2.75) is 31.9 Å². The van der Waals surface area contributed by atoms with Crippen molar-refractivity contribution in [1.82, 2.24) is 4.90 Å². The molecular weight excluding hydrogens is 240 g/mol. The van der Waals surface area contributed by atoms with Crippen molar-refractivity contribution >= 4 is 5.91 Å². The maximum atomic E-state index is 12.3. The smallest absolute Gasteiger partial charge is 0.223 e. The summed E-state index contributed by atoms with van der Waals surface area (Å²) in [4.78, 5) is 14.2. The molecule has 2 atom stereocenters. The number of rotatable bonds is 4. The molecule has 0 aromatic heterocycles. The number of benzene rings is 1. The highest BCUT2D eigenvalue weighted by Gasteiger charge is 2.30. The van der Waals surface area contributed by atoms with Crippen LogP contribution < -0.4 is 5.73 Å². The molecule has 1 fully saturated rings. The maximum Gasteiger partial charge on any atom is 0.223 e. The van der Waals surface area contributed by atoms with Gasteiger partial charge in [-0.25, -0.2) is 0 Å². The molecule has 1 amide bonds. The van der Waals surface area contributed by atoms with Crippen molar-refractivity contribution in [3.63, 3.8) is 0 Å². The van der Waals surface area contributed by atoms with Crippen molar-refractivity contribution in [3.8, 4) is 0 Å². The normalized spacial score (nSPS) is 23.4. The molecule has 4 nitrogen and oxygen atoms in total. The van der Waals surface area contributed by atoms with Crippen LogP contribution in [0.25, 0.3) is 0 Å². The van der Waals surface area contributed by atoms with E-state index in [4.69, 9.17) is 10.5 Å². The second-order valence-corrected chi connectivity index (χ2v) is 5.01. The van der Waals surface area contributed by atoms with Gasteiger partial charge in [-0.15, -0.1) is 0 Å². The highest BCUT2D eigenvalue weighted by Crippen LogP contribution is 2.26. The van der Waals surface area contributed by atoms with Crippen LogP contribution in [0, 0.1) is 0 Å². The molecule has 1 aliphatic rings. The highest BCUT2D eigenvalue weighted by molar-refractivity contribution is 5.77. The average Bonchev–Trinajstić information content (AvgIpc) is 2.45. The first-order valence-corrected chi connectivity index (χ1v) is 6.88. The van der Waals surface area contributed by atoms with E-state index in [0.717, 1.165) is 12.0 Å². The summed E-state index contributed by atoms with van der Waals surface area (Å²) in [5.74, 6) is 0.175. The minimum absolute atomic E-state index is 0.0303. The van der Waals surface area contributed by atoms with Crippen LogP contribution in [0.1, 0.15) is 31.4 Å². The van der Waals surface area contributed by atoms with E-state index in [1.165, 1.54) is 0 Å². The highest BCUT2D eigenvalue weighted by atomic mass is 16.5. The molecule has 2 rings (SSSR count). The summed E-state index contributed by atoms with van der Waals surface area (Å²) >= 11 is 0. The summed E-state index contributed by atoms with van der Waals surface area (Å²) in [5, 5.41) is 0. The van der Waals surface area contributed by atoms with Crippen molar-refractivity contribution in [3.05, 3.63) is 35.9 Å². The summed E-state index contributed by atoms with van der Waals surface area (Å²) in [5.41, 5.74) is 6.62. The fourth-order valence-electron chi connectivity index (χ4n) is 2.43. The molecule has 4 heteroatoms. The molecule has 1 aliphatic heterocycles. The number of nitrogens with zero attached hydrogens (tertiary/aromatic N) is 1. The molecule has 0 unspecified atom stereocenters. The number of carbonyl (C=O) groups excluding carboxylic acids is 1. The lowest BCUT2D eigenvalue weighted by atomic mass is 10.0. The van der Waals surface area contributed by atoms with Gasteiger partial charge in [0.2, 0.25) is 5.91 Å². The summed E-state index contributed by atoms with van der Waals surface area (Å²) < 4.78 is 5.71. The molecule has 0 spiro atoms. The van der Waals surface area contributed by atoms with Crippen molar-refractivity contribution in [1.29, 1.82) is 0 Å². The van der Waals surface area contributed by atoms with Crippen LogP contribution in [0.4, 0.5) is 0 Å². The van der Waals surface area contributed by atoms with E-state index in [9.17, 15) is 4.79 Å². The topological polar surface area (TPSA) is 55.6 Å². The van der Waals surface area contributed by atoms with Gasteiger partial charge in [-0.1, -0.05) is 30.3 Å². The molecule has 19 heavy (non-hydrogen) atoms. The van der Waals surface area contributed by atoms with E-state index < -0.39 is 0 Å². The van der Waals surface area contributed by atoms with Crippen LogP contribution in [-0.2, 0) is 9.53 Å². The Balaban J connectivity index is 2.13. The maximum absolute atomic E-state index is 12.3. The van der Waals surface area contributed by atoms with Gasteiger partial charge in [0, 0.05) is 13.0 Å². The van der Waals surface area contributed by atoms with Crippen molar-refractivity contribution in [2.24, 2.45) is 5.73 Å². The Morgan fingerprint density at radius 3 is 2.84 bits per heavy atom. The van der Waals surface area contributed by atoms with E-state index in [-0.39, 0.29) is 18.1 Å². The van der Waals surface area contributed by atoms with Gasteiger partial charge in [-0.3, -0.25) is 4.79 Å². The van der Waals surface area contributed by atoms with Crippen LogP contribution >= 0.6 is 0 Å². The third kappa shape index (κ3) is 3.55. The number of ether oxygens (including phenoxy) is 1. The average molecular weight is 262 g/mol. The monoisotopic (exact) mass is 262 g/mol. The standard InChI is InChI=1S/C15H22N2O2/c1-12-10-17(15(18)8-5-9-16)14(11-19-12)13-6-3-2-4-7-13/h2-4,6-7,12,14H,5,8-11,16H2,1H3/t12-,14-/m0/s1. The van der Waals surface area contributed by atoms with E-state index in [1.54, 1.807) is 0 Å². The van der Waals surface area contributed by atoms with Gasteiger partial charge >= 0.3 is 0 Å². The van der Waals surface area contributed by atoms with Gasteiger partial charge in [0.15, 0.2) is 0 Å². The zero-order valence-electron chi connectivity index (χ0n) is 11.4. The fourth-order valence-corrected chi connectivity index (χ4v) is 2.43. The minimum Gasteiger partial charge on any atom is -0.374 e. The zero-order chi connectivity index (χ0) is 13.7. The van der Waals surface area contributed by atoms with Gasteiger partial charge in [-0.05, 0) is 25.5 Å². The van der Waals surface area contributed by atoms with E-state index >= 15 is 0 Å². The molecule has 1 aromatic carbocycles. The fraction of sp³-hybridized carbons (Fsp3) is 0.533. The number of morpholine rings is 1. The third-order valence-electron chi connectivity index (χ3n) is 3.47. The summed E-state index contributed by atoms with van der Waals surface area (Å²) in [6, 6.07) is 10.1. The number of nitrogens with two attached hydrogens (primary N) is 1. The molecule has 0 aliphatic carbocycles. The first-order valence-electron chi connectivity index (χ1n) is 6.88. The Morgan fingerprint density at radius 1 is 1.42 bits per heavy atom. The lowest BCUT2D eigenvalue weighted by Gasteiger charge is -2.39. The van der Waals surface area contributed by atoms with Gasteiger partial charge < -0.3 is 15.4 Å². The minimum atomic E-state index is 0.0303. The predicted molar refractivity (Wildman–Crippen MR) is 74.6 cm³/mol. The zero-order valence-corrected chi connectivity index (χ0v) is 11.4. The lowest BCUT2D eigenvalue weighted by Crippen LogP contribution is -2.46. The van der Waals surface area contributed by atoms with Crippen LogP contribution in [0.2, 0.25) is 0 Å². The Kier molecular flexibility index (Phi) is 4.93. The lowest BCUT2D eigenvalue weighted by molar-refractivity contribution is -0.144. The quantitative estimate of drug-likeness (QED) is 0.898. The third-order valence-corrected chi connectivity index (χ3v) is 3.47. The molecule has 104 valence electrons. The van der Waals surface area contributed by atoms with Crippen molar-refractivity contribution in [2.75, 3.05) is 19.7 Å². The molecule has 0 saturated carbocycles. The van der Waals surface area contributed by atoms with E-state index in [0.29, 0.717) is 26.1 Å². The van der Waals surface area contributed by atoms with Gasteiger partial charge in [0.05, 0.1) is 18.8 Å². The second kappa shape index (κ2) is 6.68. The first kappa shape index (κ1) is 14.0. The molecule has 1 saturated heterocycles. The SMILES string of the molecule is C[C@H]1CN(C(=O)CCCN)[C@H](c2ccccc2)CO1. The number of hydrogen-bond donors (Lipinski definition) is 1. The van der Waals surface area contributed by atoms with E-state index in [1.807, 2.05) is 42.2 Å². The van der Waals surface area contributed by atoms with Crippen LogP contribution in [0.3, 0.4) is 0 Å². The first-order chi connectivity index (χ1) is 9.22. The Hall–Kier alpha value is -1.39. The predicted octanol–water partition coefficient (Wildman–Crippen LogP) is 1.71. The molecule has 0 radical (unpaired) electrons. The van der Waals surface area contributed by atoms with Crippen LogP contribution in [0.5, 0.6) is 0 Å². The van der Waals surface area contributed by atoms with Gasteiger partial charge in [0.25, 0.3) is 0 Å². The van der Waals surface area contributed by atoms with Gasteiger partial charge in [-0.2, -0.15) is 0 Å². The Labute approximate surface area is 114 Å². The number of carbonyl (C=O) groups is 1. The van der Waals surface area contributed by atoms with Crippen molar-refractivity contribution < 1.29 is 9.53 Å². The molecule has 2 N–H and O–H groups in total. The molecular formula is C15H22N2O2. The molecule has 1 heterocycles. The molecule has 1 aromatic rings. The summed E-state index contributed by atoms with van der Waals surface area (Å²) in [7, 11) is 0. The second-order valence-electron chi connectivity index (χ2n) is 5.01. The number of amides is 1. The summed E-state index contributed by atoms with van der Waals surface area (Å²) in [6.45, 7) is 3.79. The van der Waals surface area contributed by atoms with Crippen LogP contribution in [0.15, 0.2) is 30.3 Å². The van der Waals surface area contributed by atoms with Crippen LogP contribution in [-0.4, -0.2) is 36.6 Å². The Bertz CT molecular complexity index is 408. The number of hydrogen-bond acceptors (Lipinski definition) is 3. The largest absolute Gasteiger partial charge is 0.374 e. The summed E-state index contributed by atoms with van der Waals surface area (Å²) in [6.07, 6.45) is 1.36. The molecule has 0 bridgehead atoms.